The first kappa shape index (κ1) is 18.5. The van der Waals surface area contributed by atoms with Crippen LogP contribution in [-0.2, 0) is 0 Å². The van der Waals surface area contributed by atoms with Gasteiger partial charge < -0.3 is 4.90 Å². The van der Waals surface area contributed by atoms with E-state index in [1.54, 1.807) is 18.7 Å². The molecule has 3 heterocycles. The normalized spacial score (nSPS) is 17.1. The SMILES string of the molecule is Cc1nc2nc(N3CC[C@H](C(F)F)C3)nc(-c3ccc(F)cc3F)c2nc1C. The Morgan fingerprint density at radius 2 is 1.79 bits per heavy atom. The van der Waals surface area contributed by atoms with Gasteiger partial charge in [0.2, 0.25) is 12.4 Å². The minimum Gasteiger partial charge on any atom is -0.340 e. The lowest BCUT2D eigenvalue weighted by Gasteiger charge is -2.18. The van der Waals surface area contributed by atoms with Gasteiger partial charge in [0.05, 0.1) is 11.4 Å². The zero-order valence-electron chi connectivity index (χ0n) is 15.3. The largest absolute Gasteiger partial charge is 0.340 e. The molecule has 4 rings (SSSR count). The fraction of sp³-hybridized carbons (Fsp3) is 0.368. The third-order valence-corrected chi connectivity index (χ3v) is 4.98. The van der Waals surface area contributed by atoms with Crippen molar-refractivity contribution in [1.29, 1.82) is 0 Å². The predicted octanol–water partition coefficient (Wildman–Crippen LogP) is 4.07. The van der Waals surface area contributed by atoms with E-state index in [1.807, 2.05) is 0 Å². The van der Waals surface area contributed by atoms with Crippen LogP contribution in [0.25, 0.3) is 22.4 Å². The van der Waals surface area contributed by atoms with Crippen LogP contribution in [0.3, 0.4) is 0 Å². The molecule has 1 aliphatic rings. The molecule has 2 aromatic heterocycles. The summed E-state index contributed by atoms with van der Waals surface area (Å²) in [6.07, 6.45) is -2.11. The van der Waals surface area contributed by atoms with Crippen molar-refractivity contribution >= 4 is 17.1 Å². The Bertz CT molecular complexity index is 1060. The first-order valence-corrected chi connectivity index (χ1v) is 8.85. The summed E-state index contributed by atoms with van der Waals surface area (Å²) in [6, 6.07) is 3.17. The Kier molecular flexibility index (Phi) is 4.60. The molecule has 5 nitrogen and oxygen atoms in total. The summed E-state index contributed by atoms with van der Waals surface area (Å²) in [5, 5.41) is 0. The van der Waals surface area contributed by atoms with Gasteiger partial charge in [0.25, 0.3) is 0 Å². The van der Waals surface area contributed by atoms with E-state index in [9.17, 15) is 17.6 Å². The summed E-state index contributed by atoms with van der Waals surface area (Å²) in [5.41, 5.74) is 2.02. The number of aryl methyl sites for hydroxylation is 2. The maximum atomic E-state index is 14.5. The Morgan fingerprint density at radius 3 is 2.46 bits per heavy atom. The third-order valence-electron chi connectivity index (χ3n) is 4.98. The Hall–Kier alpha value is -2.84. The summed E-state index contributed by atoms with van der Waals surface area (Å²) < 4.78 is 53.9. The number of aromatic nitrogens is 4. The predicted molar refractivity (Wildman–Crippen MR) is 96.3 cm³/mol. The van der Waals surface area contributed by atoms with E-state index in [4.69, 9.17) is 0 Å². The summed E-state index contributed by atoms with van der Waals surface area (Å²) >= 11 is 0. The molecular weight excluding hydrogens is 374 g/mol. The summed E-state index contributed by atoms with van der Waals surface area (Å²) in [5.74, 6) is -2.09. The molecule has 0 saturated carbocycles. The monoisotopic (exact) mass is 391 g/mol. The minimum atomic E-state index is -2.43. The van der Waals surface area contributed by atoms with Gasteiger partial charge in [-0.1, -0.05) is 0 Å². The molecule has 9 heteroatoms. The van der Waals surface area contributed by atoms with Crippen molar-refractivity contribution in [2.45, 2.75) is 26.7 Å². The summed E-state index contributed by atoms with van der Waals surface area (Å²) in [4.78, 5) is 19.3. The molecule has 0 amide bonds. The zero-order chi connectivity index (χ0) is 20.0. The van der Waals surface area contributed by atoms with Crippen LogP contribution in [0.2, 0.25) is 0 Å². The van der Waals surface area contributed by atoms with E-state index in [-0.39, 0.29) is 34.9 Å². The van der Waals surface area contributed by atoms with Gasteiger partial charge in [-0.25, -0.2) is 32.5 Å². The maximum Gasteiger partial charge on any atom is 0.243 e. The number of alkyl halides is 2. The van der Waals surface area contributed by atoms with Crippen molar-refractivity contribution in [2.24, 2.45) is 5.92 Å². The van der Waals surface area contributed by atoms with Crippen LogP contribution in [0.5, 0.6) is 0 Å². The number of fused-ring (bicyclic) bond motifs is 1. The molecule has 1 aliphatic heterocycles. The number of benzene rings is 1. The van der Waals surface area contributed by atoms with Gasteiger partial charge in [-0.15, -0.1) is 0 Å². The highest BCUT2D eigenvalue weighted by Gasteiger charge is 2.31. The number of nitrogens with zero attached hydrogens (tertiary/aromatic N) is 5. The van der Waals surface area contributed by atoms with E-state index in [0.29, 0.717) is 24.4 Å². The number of halogens is 4. The Balaban J connectivity index is 1.90. The second kappa shape index (κ2) is 6.96. The molecule has 1 fully saturated rings. The van der Waals surface area contributed by atoms with Gasteiger partial charge in [-0.2, -0.15) is 4.98 Å². The van der Waals surface area contributed by atoms with Gasteiger partial charge in [-0.3, -0.25) is 0 Å². The second-order valence-corrected chi connectivity index (χ2v) is 6.89. The fourth-order valence-electron chi connectivity index (χ4n) is 3.29. The molecule has 1 atom stereocenters. The van der Waals surface area contributed by atoms with Crippen molar-refractivity contribution in [3.05, 3.63) is 41.2 Å². The molecule has 1 saturated heterocycles. The standard InChI is InChI=1S/C19H17F4N5/c1-9-10(2)25-18-16(24-9)15(13-4-3-12(20)7-14(13)21)26-19(27-18)28-6-5-11(8-28)17(22)23/h3-4,7,11,17H,5-6,8H2,1-2H3/t11-/m0/s1. The molecular formula is C19H17F4N5. The Labute approximate surface area is 158 Å². The maximum absolute atomic E-state index is 14.5. The minimum absolute atomic E-state index is 0.0530. The van der Waals surface area contributed by atoms with Gasteiger partial charge in [0, 0.05) is 30.6 Å². The molecule has 1 aromatic carbocycles. The van der Waals surface area contributed by atoms with Gasteiger partial charge in [-0.05, 0) is 32.4 Å². The molecule has 28 heavy (non-hydrogen) atoms. The molecule has 3 aromatic rings. The lowest BCUT2D eigenvalue weighted by molar-refractivity contribution is 0.0879. The van der Waals surface area contributed by atoms with Gasteiger partial charge >= 0.3 is 0 Å². The lowest BCUT2D eigenvalue weighted by Crippen LogP contribution is -2.24. The van der Waals surface area contributed by atoms with E-state index in [2.05, 4.69) is 19.9 Å². The third kappa shape index (κ3) is 3.25. The highest BCUT2D eigenvalue weighted by molar-refractivity contribution is 5.88. The van der Waals surface area contributed by atoms with E-state index in [0.717, 1.165) is 12.1 Å². The molecule has 0 N–H and O–H groups in total. The smallest absolute Gasteiger partial charge is 0.243 e. The van der Waals surface area contributed by atoms with Crippen LogP contribution < -0.4 is 4.90 Å². The molecule has 146 valence electrons. The highest BCUT2D eigenvalue weighted by atomic mass is 19.3. The number of anilines is 1. The van der Waals surface area contributed by atoms with Crippen LogP contribution in [-0.4, -0.2) is 39.5 Å². The first-order chi connectivity index (χ1) is 13.3. The summed E-state index contributed by atoms with van der Waals surface area (Å²) in [6.45, 7) is 4.00. The second-order valence-electron chi connectivity index (χ2n) is 6.89. The Morgan fingerprint density at radius 1 is 1.04 bits per heavy atom. The average molecular weight is 391 g/mol. The van der Waals surface area contributed by atoms with Gasteiger partial charge in [0.15, 0.2) is 5.65 Å². The fourth-order valence-corrected chi connectivity index (χ4v) is 3.29. The quantitative estimate of drug-likeness (QED) is 0.630. The van der Waals surface area contributed by atoms with Crippen LogP contribution in [0.4, 0.5) is 23.5 Å². The van der Waals surface area contributed by atoms with Crippen molar-refractivity contribution in [3.63, 3.8) is 0 Å². The van der Waals surface area contributed by atoms with E-state index in [1.165, 1.54) is 6.07 Å². The lowest BCUT2D eigenvalue weighted by atomic mass is 10.1. The highest BCUT2D eigenvalue weighted by Crippen LogP contribution is 2.32. The van der Waals surface area contributed by atoms with Gasteiger partial charge in [0.1, 0.15) is 22.8 Å². The zero-order valence-corrected chi connectivity index (χ0v) is 15.3. The van der Waals surface area contributed by atoms with Crippen LogP contribution in [0.15, 0.2) is 18.2 Å². The van der Waals surface area contributed by atoms with Crippen LogP contribution >= 0.6 is 0 Å². The van der Waals surface area contributed by atoms with Crippen LogP contribution in [0.1, 0.15) is 17.8 Å². The first-order valence-electron chi connectivity index (χ1n) is 8.85. The number of hydrogen-bond donors (Lipinski definition) is 0. The van der Waals surface area contributed by atoms with Crippen molar-refractivity contribution in [2.75, 3.05) is 18.0 Å². The summed E-state index contributed by atoms with van der Waals surface area (Å²) in [7, 11) is 0. The molecule has 0 radical (unpaired) electrons. The van der Waals surface area contributed by atoms with Crippen molar-refractivity contribution < 1.29 is 17.6 Å². The van der Waals surface area contributed by atoms with E-state index >= 15 is 0 Å². The topological polar surface area (TPSA) is 54.8 Å². The average Bonchev–Trinajstić information content (AvgIpc) is 3.13. The van der Waals surface area contributed by atoms with Crippen molar-refractivity contribution in [3.8, 4) is 11.3 Å². The molecule has 0 unspecified atom stereocenters. The van der Waals surface area contributed by atoms with E-state index < -0.39 is 24.0 Å². The molecule has 0 bridgehead atoms. The number of hydrogen-bond acceptors (Lipinski definition) is 5. The van der Waals surface area contributed by atoms with Crippen LogP contribution in [0, 0.1) is 31.4 Å². The number of rotatable bonds is 3. The van der Waals surface area contributed by atoms with Crippen molar-refractivity contribution in [1.82, 2.24) is 19.9 Å². The molecule has 0 spiro atoms. The molecule has 0 aliphatic carbocycles.